The number of nitro benzene ring substituents is 1. The Hall–Kier alpha value is -3.84. The highest BCUT2D eigenvalue weighted by Gasteiger charge is 2.47. The summed E-state index contributed by atoms with van der Waals surface area (Å²) in [4.78, 5) is 23.1. The van der Waals surface area contributed by atoms with Crippen molar-refractivity contribution in [2.75, 3.05) is 0 Å². The zero-order chi connectivity index (χ0) is 19.7. The third-order valence-corrected chi connectivity index (χ3v) is 4.74. The van der Waals surface area contributed by atoms with E-state index in [0.29, 0.717) is 16.7 Å². The summed E-state index contributed by atoms with van der Waals surface area (Å²) in [5.41, 5.74) is 3.67. The molecule has 2 N–H and O–H groups in total. The van der Waals surface area contributed by atoms with Crippen LogP contribution in [-0.4, -0.2) is 22.2 Å². The van der Waals surface area contributed by atoms with E-state index in [1.54, 1.807) is 24.3 Å². The quantitative estimate of drug-likeness (QED) is 0.417. The smallest absolute Gasteiger partial charge is 0.281 e. The van der Waals surface area contributed by atoms with Crippen molar-refractivity contribution in [3.8, 4) is 11.1 Å². The van der Waals surface area contributed by atoms with Gasteiger partial charge >= 0.3 is 0 Å². The zero-order valence-electron chi connectivity index (χ0n) is 14.6. The van der Waals surface area contributed by atoms with Gasteiger partial charge in [-0.1, -0.05) is 48.5 Å². The normalized spacial score (nSPS) is 13.8. The van der Waals surface area contributed by atoms with E-state index >= 15 is 0 Å². The summed E-state index contributed by atoms with van der Waals surface area (Å²) in [7, 11) is 0. The highest BCUT2D eigenvalue weighted by molar-refractivity contribution is 5.99. The van der Waals surface area contributed by atoms with E-state index < -0.39 is 16.4 Å². The highest BCUT2D eigenvalue weighted by Crippen LogP contribution is 2.47. The van der Waals surface area contributed by atoms with Gasteiger partial charge in [0, 0.05) is 23.3 Å². The molecule has 1 aliphatic carbocycles. The van der Waals surface area contributed by atoms with Crippen molar-refractivity contribution >= 4 is 17.8 Å². The zero-order valence-corrected chi connectivity index (χ0v) is 14.6. The average molecular weight is 373 g/mol. The molecule has 0 spiro atoms. The summed E-state index contributed by atoms with van der Waals surface area (Å²) in [6.45, 7) is 0. The molecule has 7 heteroatoms. The molecule has 28 heavy (non-hydrogen) atoms. The molecule has 0 saturated heterocycles. The minimum absolute atomic E-state index is 0.0327. The molecule has 4 rings (SSSR count). The molecular formula is C21H15N3O4. The third kappa shape index (κ3) is 2.74. The van der Waals surface area contributed by atoms with Crippen LogP contribution in [0.3, 0.4) is 0 Å². The first-order chi connectivity index (χ1) is 13.5. The number of benzene rings is 3. The summed E-state index contributed by atoms with van der Waals surface area (Å²) in [6.07, 6.45) is 1.36. The number of hydrogen-bond donors (Lipinski definition) is 2. The predicted molar refractivity (Wildman–Crippen MR) is 104 cm³/mol. The second-order valence-electron chi connectivity index (χ2n) is 6.35. The van der Waals surface area contributed by atoms with Gasteiger partial charge in [0.15, 0.2) is 5.60 Å². The highest BCUT2D eigenvalue weighted by atomic mass is 16.6. The first kappa shape index (κ1) is 17.6. The number of aliphatic hydroxyl groups is 1. The number of nitrogens with zero attached hydrogens (tertiary/aromatic N) is 2. The Balaban J connectivity index is 1.60. The summed E-state index contributed by atoms with van der Waals surface area (Å²) in [6, 6.07) is 20.1. The number of carbonyl (C=O) groups excluding carboxylic acids is 1. The van der Waals surface area contributed by atoms with Crippen molar-refractivity contribution in [2.24, 2.45) is 5.10 Å². The molecule has 1 amide bonds. The second-order valence-corrected chi connectivity index (χ2v) is 6.35. The summed E-state index contributed by atoms with van der Waals surface area (Å²) in [5, 5.41) is 25.9. The van der Waals surface area contributed by atoms with E-state index in [-0.39, 0.29) is 5.69 Å². The second kappa shape index (κ2) is 6.71. The SMILES string of the molecule is O=C(N/N=C\c1ccc([N+](=O)[O-])cc1)C1(O)c2ccccc2-c2ccccc21. The predicted octanol–water partition coefficient (Wildman–Crippen LogP) is 2.96. The molecule has 3 aromatic rings. The van der Waals surface area contributed by atoms with Gasteiger partial charge in [-0.25, -0.2) is 5.43 Å². The summed E-state index contributed by atoms with van der Waals surface area (Å²) < 4.78 is 0. The van der Waals surface area contributed by atoms with Crippen molar-refractivity contribution in [3.05, 3.63) is 99.6 Å². The van der Waals surface area contributed by atoms with Gasteiger partial charge in [0.05, 0.1) is 11.1 Å². The van der Waals surface area contributed by atoms with Crippen LogP contribution in [0.5, 0.6) is 0 Å². The molecule has 0 saturated carbocycles. The van der Waals surface area contributed by atoms with Crippen molar-refractivity contribution in [2.45, 2.75) is 5.60 Å². The Morgan fingerprint density at radius 2 is 1.50 bits per heavy atom. The Bertz CT molecular complexity index is 1060. The van der Waals surface area contributed by atoms with Gasteiger partial charge in [-0.2, -0.15) is 5.10 Å². The minimum Gasteiger partial charge on any atom is -0.372 e. The largest absolute Gasteiger partial charge is 0.372 e. The van der Waals surface area contributed by atoms with Crippen LogP contribution >= 0.6 is 0 Å². The molecule has 3 aromatic carbocycles. The molecule has 0 radical (unpaired) electrons. The number of non-ortho nitro benzene ring substituents is 1. The van der Waals surface area contributed by atoms with Gasteiger partial charge in [-0.05, 0) is 28.8 Å². The molecule has 0 heterocycles. The van der Waals surface area contributed by atoms with Crippen LogP contribution in [-0.2, 0) is 10.4 Å². The first-order valence-electron chi connectivity index (χ1n) is 8.51. The van der Waals surface area contributed by atoms with Crippen LogP contribution in [0.1, 0.15) is 16.7 Å². The number of hydrazone groups is 1. The third-order valence-electron chi connectivity index (χ3n) is 4.74. The van der Waals surface area contributed by atoms with Crippen LogP contribution in [0.25, 0.3) is 11.1 Å². The van der Waals surface area contributed by atoms with Crippen LogP contribution in [0.4, 0.5) is 5.69 Å². The van der Waals surface area contributed by atoms with Gasteiger partial charge in [0.25, 0.3) is 11.6 Å². The van der Waals surface area contributed by atoms with E-state index in [9.17, 15) is 20.0 Å². The molecule has 0 aromatic heterocycles. The summed E-state index contributed by atoms with van der Waals surface area (Å²) in [5.74, 6) is -0.678. The maximum absolute atomic E-state index is 12.9. The monoisotopic (exact) mass is 373 g/mol. The lowest BCUT2D eigenvalue weighted by Gasteiger charge is -2.23. The minimum atomic E-state index is -1.85. The fourth-order valence-corrected chi connectivity index (χ4v) is 3.39. The number of amides is 1. The first-order valence-corrected chi connectivity index (χ1v) is 8.51. The standard InChI is InChI=1S/C21H15N3O4/c25-20(23-22-13-14-9-11-15(12-10-14)24(27)28)21(26)18-7-3-1-5-16(18)17-6-2-4-8-19(17)21/h1-13,26H,(H,23,25)/b22-13-. The van der Waals surface area contributed by atoms with E-state index in [2.05, 4.69) is 10.5 Å². The molecule has 1 aliphatic rings. The lowest BCUT2D eigenvalue weighted by molar-refractivity contribution is -0.384. The van der Waals surface area contributed by atoms with E-state index in [0.717, 1.165) is 11.1 Å². The van der Waals surface area contributed by atoms with Gasteiger partial charge in [-0.3, -0.25) is 14.9 Å². The van der Waals surface area contributed by atoms with E-state index in [1.807, 2.05) is 24.3 Å². The van der Waals surface area contributed by atoms with Crippen molar-refractivity contribution in [3.63, 3.8) is 0 Å². The molecule has 0 fully saturated rings. The summed E-state index contributed by atoms with van der Waals surface area (Å²) >= 11 is 0. The van der Waals surface area contributed by atoms with Crippen LogP contribution in [0, 0.1) is 10.1 Å². The van der Waals surface area contributed by atoms with Crippen molar-refractivity contribution in [1.29, 1.82) is 0 Å². The van der Waals surface area contributed by atoms with Gasteiger partial charge in [0.2, 0.25) is 0 Å². The number of nitrogens with one attached hydrogen (secondary N) is 1. The molecular weight excluding hydrogens is 358 g/mol. The molecule has 7 nitrogen and oxygen atoms in total. The van der Waals surface area contributed by atoms with E-state index in [4.69, 9.17) is 0 Å². The van der Waals surface area contributed by atoms with Gasteiger partial charge in [-0.15, -0.1) is 0 Å². The molecule has 138 valence electrons. The maximum Gasteiger partial charge on any atom is 0.281 e. The van der Waals surface area contributed by atoms with Gasteiger partial charge in [0.1, 0.15) is 0 Å². The van der Waals surface area contributed by atoms with Gasteiger partial charge < -0.3 is 5.11 Å². The molecule has 0 bridgehead atoms. The van der Waals surface area contributed by atoms with Crippen LogP contribution in [0.2, 0.25) is 0 Å². The number of carbonyl (C=O) groups is 1. The van der Waals surface area contributed by atoms with Crippen molar-refractivity contribution < 1.29 is 14.8 Å². The number of nitro groups is 1. The fraction of sp³-hybridized carbons (Fsp3) is 0.0476. The maximum atomic E-state index is 12.9. The Morgan fingerprint density at radius 3 is 2.04 bits per heavy atom. The van der Waals surface area contributed by atoms with Crippen LogP contribution < -0.4 is 5.43 Å². The van der Waals surface area contributed by atoms with Crippen molar-refractivity contribution in [1.82, 2.24) is 5.43 Å². The molecule has 0 unspecified atom stereocenters. The lowest BCUT2D eigenvalue weighted by Crippen LogP contribution is -2.42. The molecule has 0 atom stereocenters. The average Bonchev–Trinajstić information content (AvgIpc) is 2.99. The van der Waals surface area contributed by atoms with Crippen LogP contribution in [0.15, 0.2) is 77.9 Å². The number of fused-ring (bicyclic) bond motifs is 3. The Labute approximate surface area is 160 Å². The topological polar surface area (TPSA) is 105 Å². The van der Waals surface area contributed by atoms with E-state index in [1.165, 1.54) is 30.5 Å². The molecule has 0 aliphatic heterocycles. The Kier molecular flexibility index (Phi) is 4.21. The number of rotatable bonds is 4. The number of hydrogen-bond acceptors (Lipinski definition) is 5. The fourth-order valence-electron chi connectivity index (χ4n) is 3.39. The lowest BCUT2D eigenvalue weighted by atomic mass is 9.91. The Morgan fingerprint density at radius 1 is 0.964 bits per heavy atom.